The Morgan fingerprint density at radius 3 is 1.50 bits per heavy atom. The van der Waals surface area contributed by atoms with Crippen molar-refractivity contribution in [3.63, 3.8) is 0 Å². The highest BCUT2D eigenvalue weighted by molar-refractivity contribution is 5.98. The molecule has 0 amide bonds. The molecule has 24 heavy (non-hydrogen) atoms. The van der Waals surface area contributed by atoms with Crippen molar-refractivity contribution in [1.82, 2.24) is 0 Å². The van der Waals surface area contributed by atoms with Crippen molar-refractivity contribution in [2.45, 2.75) is 106 Å². The van der Waals surface area contributed by atoms with Gasteiger partial charge in [0.2, 0.25) is 0 Å². The molecule has 3 unspecified atom stereocenters. The van der Waals surface area contributed by atoms with Gasteiger partial charge in [-0.15, -0.1) is 0 Å². The van der Waals surface area contributed by atoms with Crippen molar-refractivity contribution < 1.29 is 9.59 Å². The van der Waals surface area contributed by atoms with Crippen molar-refractivity contribution in [3.05, 3.63) is 0 Å². The third-order valence-corrected chi connectivity index (χ3v) is 5.18. The highest BCUT2D eigenvalue weighted by Crippen LogP contribution is 2.22. The highest BCUT2D eigenvalue weighted by atomic mass is 16.1. The van der Waals surface area contributed by atoms with Crippen LogP contribution < -0.4 is 0 Å². The minimum absolute atomic E-state index is 0.0114. The Bertz CT molecular complexity index is 346. The summed E-state index contributed by atoms with van der Waals surface area (Å²) in [5, 5.41) is 0. The molecule has 2 heteroatoms. The van der Waals surface area contributed by atoms with Crippen LogP contribution in [0, 0.1) is 23.7 Å². The Morgan fingerprint density at radius 1 is 0.667 bits per heavy atom. The molecule has 0 radical (unpaired) electrons. The largest absolute Gasteiger partial charge is 0.300 e. The number of hydrogen-bond donors (Lipinski definition) is 0. The van der Waals surface area contributed by atoms with Gasteiger partial charge in [-0.2, -0.15) is 0 Å². The molecular formula is C22H42O2. The molecule has 0 fully saturated rings. The molecule has 0 rings (SSSR count). The summed E-state index contributed by atoms with van der Waals surface area (Å²) < 4.78 is 0. The number of carbonyl (C=O) groups is 2. The first-order valence-electron chi connectivity index (χ1n) is 10.2. The SMILES string of the molecule is CC(=O)CC(=O)C(C)CCCC(C)CCCC(C)CCCC(C)C. The lowest BCUT2D eigenvalue weighted by Gasteiger charge is -2.16. The third-order valence-electron chi connectivity index (χ3n) is 5.18. The first kappa shape index (κ1) is 23.3. The normalized spacial score (nSPS) is 15.3. The van der Waals surface area contributed by atoms with Crippen molar-refractivity contribution in [2.24, 2.45) is 23.7 Å². The maximum atomic E-state index is 11.8. The van der Waals surface area contributed by atoms with E-state index < -0.39 is 0 Å². The molecule has 3 atom stereocenters. The molecule has 0 saturated carbocycles. The first-order chi connectivity index (χ1) is 11.2. The summed E-state index contributed by atoms with van der Waals surface area (Å²) >= 11 is 0. The quantitative estimate of drug-likeness (QED) is 0.315. The van der Waals surface area contributed by atoms with E-state index in [0.717, 1.165) is 30.6 Å². The average molecular weight is 339 g/mol. The molecule has 0 aromatic rings. The monoisotopic (exact) mass is 338 g/mol. The number of rotatable bonds is 15. The second-order valence-corrected chi connectivity index (χ2v) is 8.64. The van der Waals surface area contributed by atoms with Crippen LogP contribution in [0.15, 0.2) is 0 Å². The summed E-state index contributed by atoms with van der Waals surface area (Å²) in [5.41, 5.74) is 0. The molecule has 142 valence electrons. The molecule has 0 spiro atoms. The first-order valence-corrected chi connectivity index (χ1v) is 10.2. The van der Waals surface area contributed by atoms with Crippen LogP contribution in [-0.4, -0.2) is 11.6 Å². The molecule has 0 aliphatic rings. The Balaban J connectivity index is 3.67. The lowest BCUT2D eigenvalue weighted by molar-refractivity contribution is -0.128. The summed E-state index contributed by atoms with van der Waals surface area (Å²) in [7, 11) is 0. The average Bonchev–Trinajstić information content (AvgIpc) is 2.45. The van der Waals surface area contributed by atoms with Gasteiger partial charge in [0, 0.05) is 5.92 Å². The van der Waals surface area contributed by atoms with Crippen LogP contribution in [-0.2, 0) is 9.59 Å². The molecular weight excluding hydrogens is 296 g/mol. The van der Waals surface area contributed by atoms with E-state index in [9.17, 15) is 9.59 Å². The fraction of sp³-hybridized carbons (Fsp3) is 0.909. The lowest BCUT2D eigenvalue weighted by Crippen LogP contribution is -2.14. The second-order valence-electron chi connectivity index (χ2n) is 8.64. The predicted molar refractivity (Wildman–Crippen MR) is 104 cm³/mol. The van der Waals surface area contributed by atoms with Crippen LogP contribution in [0.4, 0.5) is 0 Å². The van der Waals surface area contributed by atoms with Gasteiger partial charge in [0.1, 0.15) is 11.6 Å². The highest BCUT2D eigenvalue weighted by Gasteiger charge is 2.15. The van der Waals surface area contributed by atoms with E-state index in [-0.39, 0.29) is 23.9 Å². The standard InChI is InChI=1S/C22H42O2/c1-17(2)10-7-11-18(3)12-8-13-19(4)14-9-15-20(5)22(24)16-21(6)23/h17-20H,7-16H2,1-6H3. The van der Waals surface area contributed by atoms with Gasteiger partial charge in [-0.1, -0.05) is 86.0 Å². The maximum Gasteiger partial charge on any atom is 0.143 e. The van der Waals surface area contributed by atoms with Crippen LogP contribution in [0.5, 0.6) is 0 Å². The Hall–Kier alpha value is -0.660. The van der Waals surface area contributed by atoms with Crippen LogP contribution in [0.1, 0.15) is 106 Å². The fourth-order valence-electron chi connectivity index (χ4n) is 3.33. The number of carbonyl (C=O) groups excluding carboxylic acids is 2. The van der Waals surface area contributed by atoms with Gasteiger partial charge in [-0.3, -0.25) is 9.59 Å². The molecule has 0 heterocycles. The molecule has 0 bridgehead atoms. The van der Waals surface area contributed by atoms with E-state index in [1.807, 2.05) is 6.92 Å². The van der Waals surface area contributed by atoms with Gasteiger partial charge in [0.25, 0.3) is 0 Å². The molecule has 0 aliphatic carbocycles. The van der Waals surface area contributed by atoms with Crippen molar-refractivity contribution in [1.29, 1.82) is 0 Å². The zero-order chi connectivity index (χ0) is 18.5. The topological polar surface area (TPSA) is 34.1 Å². The summed E-state index contributed by atoms with van der Waals surface area (Å²) in [5.74, 6) is 2.60. The molecule has 0 N–H and O–H groups in total. The van der Waals surface area contributed by atoms with Gasteiger partial charge in [-0.05, 0) is 31.1 Å². The molecule has 2 nitrogen and oxygen atoms in total. The van der Waals surface area contributed by atoms with E-state index in [4.69, 9.17) is 0 Å². The van der Waals surface area contributed by atoms with Gasteiger partial charge in [-0.25, -0.2) is 0 Å². The van der Waals surface area contributed by atoms with E-state index in [1.54, 1.807) is 0 Å². The Kier molecular flexibility index (Phi) is 13.2. The number of Topliss-reactive ketones (excluding diaryl/α,β-unsaturated/α-hetero) is 2. The maximum absolute atomic E-state index is 11.8. The molecule has 0 aromatic heterocycles. The minimum Gasteiger partial charge on any atom is -0.300 e. The van der Waals surface area contributed by atoms with E-state index in [2.05, 4.69) is 27.7 Å². The fourth-order valence-corrected chi connectivity index (χ4v) is 3.33. The predicted octanol–water partition coefficient (Wildman–Crippen LogP) is 6.61. The van der Waals surface area contributed by atoms with Crippen LogP contribution in [0.2, 0.25) is 0 Å². The molecule has 0 saturated heterocycles. The van der Waals surface area contributed by atoms with Gasteiger partial charge in [0.15, 0.2) is 0 Å². The van der Waals surface area contributed by atoms with Gasteiger partial charge >= 0.3 is 0 Å². The summed E-state index contributed by atoms with van der Waals surface area (Å²) in [4.78, 5) is 22.8. The summed E-state index contributed by atoms with van der Waals surface area (Å²) in [6.45, 7) is 12.8. The lowest BCUT2D eigenvalue weighted by atomic mass is 9.90. The van der Waals surface area contributed by atoms with E-state index >= 15 is 0 Å². The Labute approximate surface area is 151 Å². The number of hydrogen-bond acceptors (Lipinski definition) is 2. The van der Waals surface area contributed by atoms with Crippen LogP contribution in [0.25, 0.3) is 0 Å². The number of ketones is 2. The molecule has 0 aliphatic heterocycles. The van der Waals surface area contributed by atoms with Crippen LogP contribution >= 0.6 is 0 Å². The smallest absolute Gasteiger partial charge is 0.143 e. The summed E-state index contributed by atoms with van der Waals surface area (Å²) in [6.07, 6.45) is 11.5. The Morgan fingerprint density at radius 2 is 1.08 bits per heavy atom. The third kappa shape index (κ3) is 13.7. The second kappa shape index (κ2) is 13.6. The zero-order valence-electron chi connectivity index (χ0n) is 17.2. The molecule has 0 aromatic carbocycles. The van der Waals surface area contributed by atoms with Gasteiger partial charge in [0.05, 0.1) is 6.42 Å². The summed E-state index contributed by atoms with van der Waals surface area (Å²) in [6, 6.07) is 0. The zero-order valence-corrected chi connectivity index (χ0v) is 17.2. The van der Waals surface area contributed by atoms with Crippen molar-refractivity contribution in [3.8, 4) is 0 Å². The van der Waals surface area contributed by atoms with Gasteiger partial charge < -0.3 is 0 Å². The van der Waals surface area contributed by atoms with Crippen molar-refractivity contribution in [2.75, 3.05) is 0 Å². The van der Waals surface area contributed by atoms with E-state index in [1.165, 1.54) is 51.9 Å². The minimum atomic E-state index is -0.0114. The van der Waals surface area contributed by atoms with Crippen molar-refractivity contribution >= 4 is 11.6 Å². The van der Waals surface area contributed by atoms with Crippen LogP contribution in [0.3, 0.4) is 0 Å². The van der Waals surface area contributed by atoms with E-state index in [0.29, 0.717) is 0 Å².